The fourth-order valence-corrected chi connectivity index (χ4v) is 4.75. The minimum Gasteiger partial charge on any atom is -0.449 e. The van der Waals surface area contributed by atoms with Gasteiger partial charge in [0, 0.05) is 19.6 Å². The normalized spacial score (nSPS) is 11.9. The molecule has 0 radical (unpaired) electrons. The summed E-state index contributed by atoms with van der Waals surface area (Å²) in [5, 5.41) is 0. The van der Waals surface area contributed by atoms with E-state index in [0.29, 0.717) is 18.8 Å². The first kappa shape index (κ1) is 37.3. The number of alkyl halides is 3. The van der Waals surface area contributed by atoms with Gasteiger partial charge >= 0.3 is 24.1 Å². The highest BCUT2D eigenvalue weighted by Gasteiger charge is 2.42. The van der Waals surface area contributed by atoms with Crippen molar-refractivity contribution >= 4 is 17.9 Å². The molecule has 0 heterocycles. The SMILES string of the molecule is CCCCCCCCCC(=O)Oc1ccc(-c2ccc(C(=O)Oc3ccc(C(=O)O[C@H](CCCOCC)C(F)(F)F)cc3)cc2)cc1. The van der Waals surface area contributed by atoms with Gasteiger partial charge in [0.05, 0.1) is 11.1 Å². The van der Waals surface area contributed by atoms with Crippen LogP contribution in [0.3, 0.4) is 0 Å². The Bertz CT molecular complexity index is 1390. The van der Waals surface area contributed by atoms with Crippen LogP contribution < -0.4 is 9.47 Å². The Kier molecular flexibility index (Phi) is 15.4. The van der Waals surface area contributed by atoms with Gasteiger partial charge in [-0.1, -0.05) is 69.7 Å². The second kappa shape index (κ2) is 19.5. The number of hydrogen-bond acceptors (Lipinski definition) is 7. The molecule has 0 bridgehead atoms. The molecule has 0 amide bonds. The lowest BCUT2D eigenvalue weighted by Gasteiger charge is -2.20. The van der Waals surface area contributed by atoms with Gasteiger partial charge in [-0.05, 0) is 85.8 Å². The molecule has 0 spiro atoms. The summed E-state index contributed by atoms with van der Waals surface area (Å²) in [6.07, 6.45) is 0.997. The predicted molar refractivity (Wildman–Crippen MR) is 173 cm³/mol. The molecule has 3 rings (SSSR count). The summed E-state index contributed by atoms with van der Waals surface area (Å²) in [4.78, 5) is 37.2. The van der Waals surface area contributed by atoms with E-state index in [1.54, 1.807) is 43.3 Å². The van der Waals surface area contributed by atoms with E-state index in [9.17, 15) is 27.6 Å². The number of esters is 3. The summed E-state index contributed by atoms with van der Waals surface area (Å²) in [7, 11) is 0. The predicted octanol–water partition coefficient (Wildman–Crippen LogP) is 9.52. The van der Waals surface area contributed by atoms with Crippen molar-refractivity contribution in [3.63, 3.8) is 0 Å². The minimum absolute atomic E-state index is 0.0873. The molecule has 0 unspecified atom stereocenters. The van der Waals surface area contributed by atoms with E-state index < -0.39 is 30.6 Å². The second-order valence-electron chi connectivity index (χ2n) is 11.1. The number of carbonyl (C=O) groups excluding carboxylic acids is 3. The highest BCUT2D eigenvalue weighted by atomic mass is 19.4. The van der Waals surface area contributed by atoms with E-state index in [1.807, 2.05) is 12.1 Å². The van der Waals surface area contributed by atoms with Gasteiger partial charge in [-0.15, -0.1) is 0 Å². The van der Waals surface area contributed by atoms with Gasteiger partial charge in [0.25, 0.3) is 0 Å². The van der Waals surface area contributed by atoms with E-state index >= 15 is 0 Å². The van der Waals surface area contributed by atoms with Crippen LogP contribution in [0, 0.1) is 0 Å². The maximum atomic E-state index is 13.3. The zero-order valence-electron chi connectivity index (χ0n) is 27.0. The molecule has 7 nitrogen and oxygen atoms in total. The third kappa shape index (κ3) is 13.2. The summed E-state index contributed by atoms with van der Waals surface area (Å²) in [6.45, 7) is 4.44. The molecule has 254 valence electrons. The maximum absolute atomic E-state index is 13.3. The van der Waals surface area contributed by atoms with Crippen LogP contribution in [0.1, 0.15) is 98.8 Å². The van der Waals surface area contributed by atoms with Gasteiger partial charge in [-0.2, -0.15) is 13.2 Å². The Morgan fingerprint density at radius 2 is 1.15 bits per heavy atom. The largest absolute Gasteiger partial charge is 0.449 e. The number of ether oxygens (including phenoxy) is 4. The molecule has 10 heteroatoms. The standard InChI is InChI=1S/C37H43F3O7/c1-3-5-6-7-8-9-10-13-34(41)45-31-22-18-28(19-23-31)27-14-16-29(17-15-27)35(42)46-32-24-20-30(21-25-32)36(43)47-33(37(38,39)40)12-11-26-44-4-2/h14-25,33H,3-13,26H2,1-2H3/t33-/m1/s1. The highest BCUT2D eigenvalue weighted by molar-refractivity contribution is 5.92. The Morgan fingerprint density at radius 1 is 0.638 bits per heavy atom. The van der Waals surface area contributed by atoms with Gasteiger partial charge in [0.1, 0.15) is 11.5 Å². The number of halogens is 3. The summed E-state index contributed by atoms with van der Waals surface area (Å²) >= 11 is 0. The molecule has 0 saturated carbocycles. The van der Waals surface area contributed by atoms with Crippen LogP contribution in [0.2, 0.25) is 0 Å². The molecule has 0 aliphatic heterocycles. The summed E-state index contributed by atoms with van der Waals surface area (Å²) in [5.74, 6) is -1.45. The van der Waals surface area contributed by atoms with Gasteiger partial charge in [-0.3, -0.25) is 4.79 Å². The first-order valence-electron chi connectivity index (χ1n) is 16.2. The van der Waals surface area contributed by atoms with Crippen molar-refractivity contribution in [2.75, 3.05) is 13.2 Å². The van der Waals surface area contributed by atoms with Crippen LogP contribution in [-0.2, 0) is 14.3 Å². The van der Waals surface area contributed by atoms with Crippen LogP contribution >= 0.6 is 0 Å². The lowest BCUT2D eigenvalue weighted by Crippen LogP contribution is -2.34. The third-order valence-corrected chi connectivity index (χ3v) is 7.40. The highest BCUT2D eigenvalue weighted by Crippen LogP contribution is 2.28. The zero-order chi connectivity index (χ0) is 34.1. The first-order valence-corrected chi connectivity index (χ1v) is 16.2. The van der Waals surface area contributed by atoms with Gasteiger partial charge in [0.15, 0.2) is 6.10 Å². The molecule has 3 aromatic rings. The third-order valence-electron chi connectivity index (χ3n) is 7.40. The van der Waals surface area contributed by atoms with E-state index in [0.717, 1.165) is 30.4 Å². The molecule has 0 aromatic heterocycles. The molecule has 1 atom stereocenters. The minimum atomic E-state index is -4.71. The van der Waals surface area contributed by atoms with Gasteiger partial charge < -0.3 is 18.9 Å². The quantitative estimate of drug-likeness (QED) is 0.0721. The molecule has 0 N–H and O–H groups in total. The van der Waals surface area contributed by atoms with Crippen molar-refractivity contribution in [1.29, 1.82) is 0 Å². The Morgan fingerprint density at radius 3 is 1.74 bits per heavy atom. The van der Waals surface area contributed by atoms with E-state index in [1.165, 1.54) is 49.9 Å². The molecule has 0 fully saturated rings. The number of carbonyl (C=O) groups is 3. The summed E-state index contributed by atoms with van der Waals surface area (Å²) < 4.78 is 60.6. The Balaban J connectivity index is 1.48. The van der Waals surface area contributed by atoms with Crippen LogP contribution in [0.5, 0.6) is 11.5 Å². The molecule has 0 saturated heterocycles. The average Bonchev–Trinajstić information content (AvgIpc) is 3.06. The number of hydrogen-bond donors (Lipinski definition) is 0. The molecule has 3 aromatic carbocycles. The van der Waals surface area contributed by atoms with Crippen molar-refractivity contribution < 1.29 is 46.5 Å². The zero-order valence-corrected chi connectivity index (χ0v) is 27.0. The average molecular weight is 657 g/mol. The second-order valence-corrected chi connectivity index (χ2v) is 11.1. The first-order chi connectivity index (χ1) is 22.6. The topological polar surface area (TPSA) is 88.1 Å². The van der Waals surface area contributed by atoms with E-state index in [-0.39, 0.29) is 35.9 Å². The maximum Gasteiger partial charge on any atom is 0.425 e. The van der Waals surface area contributed by atoms with Crippen molar-refractivity contribution in [1.82, 2.24) is 0 Å². The fourth-order valence-electron chi connectivity index (χ4n) is 4.75. The van der Waals surface area contributed by atoms with Crippen LogP contribution in [0.25, 0.3) is 11.1 Å². The van der Waals surface area contributed by atoms with Crippen LogP contribution in [-0.4, -0.2) is 43.4 Å². The van der Waals surface area contributed by atoms with Crippen LogP contribution in [0.4, 0.5) is 13.2 Å². The molecule has 0 aliphatic rings. The van der Waals surface area contributed by atoms with Crippen LogP contribution in [0.15, 0.2) is 72.8 Å². The van der Waals surface area contributed by atoms with Crippen molar-refractivity contribution in [3.05, 3.63) is 83.9 Å². The van der Waals surface area contributed by atoms with E-state index in [4.69, 9.17) is 18.9 Å². The smallest absolute Gasteiger partial charge is 0.425 e. The Labute approximate surface area is 274 Å². The monoisotopic (exact) mass is 656 g/mol. The number of benzene rings is 3. The van der Waals surface area contributed by atoms with Crippen molar-refractivity contribution in [2.24, 2.45) is 0 Å². The van der Waals surface area contributed by atoms with Crippen molar-refractivity contribution in [3.8, 4) is 22.6 Å². The summed E-state index contributed by atoms with van der Waals surface area (Å²) in [6, 6.07) is 18.9. The molecule has 47 heavy (non-hydrogen) atoms. The molecule has 0 aliphatic carbocycles. The van der Waals surface area contributed by atoms with Gasteiger partial charge in [0.2, 0.25) is 0 Å². The van der Waals surface area contributed by atoms with E-state index in [2.05, 4.69) is 6.92 Å². The number of rotatable bonds is 19. The molecular formula is C37H43F3O7. The Hall–Kier alpha value is -4.18. The van der Waals surface area contributed by atoms with Crippen molar-refractivity contribution in [2.45, 2.75) is 90.3 Å². The fraction of sp³-hybridized carbons (Fsp3) is 0.432. The van der Waals surface area contributed by atoms with Gasteiger partial charge in [-0.25, -0.2) is 9.59 Å². The lowest BCUT2D eigenvalue weighted by atomic mass is 10.0. The molecular weight excluding hydrogens is 613 g/mol. The summed E-state index contributed by atoms with van der Waals surface area (Å²) in [5.41, 5.74) is 1.86. The number of unbranched alkanes of at least 4 members (excludes halogenated alkanes) is 6. The lowest BCUT2D eigenvalue weighted by molar-refractivity contribution is -0.206.